The van der Waals surface area contributed by atoms with Crippen LogP contribution >= 0.6 is 0 Å². The lowest BCUT2D eigenvalue weighted by Gasteiger charge is -2.40. The van der Waals surface area contributed by atoms with E-state index in [2.05, 4.69) is 19.2 Å². The van der Waals surface area contributed by atoms with Crippen molar-refractivity contribution in [2.75, 3.05) is 26.4 Å². The van der Waals surface area contributed by atoms with Gasteiger partial charge in [-0.15, -0.1) is 0 Å². The molecule has 0 amide bonds. The summed E-state index contributed by atoms with van der Waals surface area (Å²) in [6, 6.07) is 0.660. The van der Waals surface area contributed by atoms with Crippen LogP contribution < -0.4 is 5.32 Å². The quantitative estimate of drug-likeness (QED) is 0.806. The molecule has 3 nitrogen and oxygen atoms in total. The number of hydrogen-bond donors (Lipinski definition) is 2. The number of ether oxygens (including phenoxy) is 1. The van der Waals surface area contributed by atoms with Crippen molar-refractivity contribution in [1.29, 1.82) is 0 Å². The summed E-state index contributed by atoms with van der Waals surface area (Å²) in [6.45, 7) is 7.56. The van der Waals surface area contributed by atoms with E-state index in [0.29, 0.717) is 12.6 Å². The van der Waals surface area contributed by atoms with E-state index >= 15 is 0 Å². The Bertz CT molecular complexity index is 263. The molecule has 2 fully saturated rings. The third-order valence-electron chi connectivity index (χ3n) is 5.40. The maximum atomic E-state index is 9.74. The minimum atomic E-state index is 0.0691. The van der Waals surface area contributed by atoms with Gasteiger partial charge in [0.1, 0.15) is 0 Å². The Balaban J connectivity index is 1.85. The molecule has 2 aliphatic rings. The highest BCUT2D eigenvalue weighted by molar-refractivity contribution is 4.88. The summed E-state index contributed by atoms with van der Waals surface area (Å²) in [4.78, 5) is 0. The van der Waals surface area contributed by atoms with Gasteiger partial charge in [-0.25, -0.2) is 0 Å². The van der Waals surface area contributed by atoms with Gasteiger partial charge in [0, 0.05) is 31.2 Å². The second-order valence-corrected chi connectivity index (χ2v) is 6.84. The number of rotatable bonds is 5. The van der Waals surface area contributed by atoms with Gasteiger partial charge in [0.15, 0.2) is 0 Å². The second kappa shape index (κ2) is 7.05. The summed E-state index contributed by atoms with van der Waals surface area (Å²) in [6.07, 6.45) is 7.29. The van der Waals surface area contributed by atoms with Crippen LogP contribution in [0.4, 0.5) is 0 Å². The highest BCUT2D eigenvalue weighted by atomic mass is 16.5. The maximum absolute atomic E-state index is 9.74. The molecule has 1 saturated carbocycles. The highest BCUT2D eigenvalue weighted by Crippen LogP contribution is 2.33. The van der Waals surface area contributed by atoms with E-state index < -0.39 is 0 Å². The van der Waals surface area contributed by atoms with E-state index in [1.54, 1.807) is 0 Å². The molecule has 1 aliphatic heterocycles. The van der Waals surface area contributed by atoms with E-state index in [0.717, 1.165) is 44.4 Å². The second-order valence-electron chi connectivity index (χ2n) is 6.84. The largest absolute Gasteiger partial charge is 0.396 e. The third kappa shape index (κ3) is 3.93. The van der Waals surface area contributed by atoms with Crippen molar-refractivity contribution in [1.82, 2.24) is 5.32 Å². The van der Waals surface area contributed by atoms with Crippen LogP contribution in [-0.2, 0) is 4.74 Å². The Kier molecular flexibility index (Phi) is 5.67. The summed E-state index contributed by atoms with van der Waals surface area (Å²) in [5.74, 6) is 1.71. The molecule has 112 valence electrons. The third-order valence-corrected chi connectivity index (χ3v) is 5.40. The van der Waals surface area contributed by atoms with Gasteiger partial charge in [-0.05, 0) is 43.9 Å². The molecule has 0 aromatic heterocycles. The van der Waals surface area contributed by atoms with Crippen LogP contribution in [0.2, 0.25) is 0 Å². The van der Waals surface area contributed by atoms with Crippen LogP contribution in [0.25, 0.3) is 0 Å². The molecule has 3 unspecified atom stereocenters. The van der Waals surface area contributed by atoms with Crippen molar-refractivity contribution in [2.45, 2.75) is 58.4 Å². The smallest absolute Gasteiger partial charge is 0.0501 e. The number of aliphatic hydroxyl groups excluding tert-OH is 1. The Labute approximate surface area is 118 Å². The zero-order valence-corrected chi connectivity index (χ0v) is 12.7. The molecule has 3 heteroatoms. The standard InChI is InChI=1S/C16H31NO2/c1-3-14-10-13(2)4-5-15(14)17-11-16(12-18)6-8-19-9-7-16/h13-15,17-18H,3-12H2,1-2H3. The average molecular weight is 269 g/mol. The topological polar surface area (TPSA) is 41.5 Å². The fourth-order valence-corrected chi connectivity index (χ4v) is 3.76. The van der Waals surface area contributed by atoms with Crippen LogP contribution in [0.15, 0.2) is 0 Å². The van der Waals surface area contributed by atoms with Crippen LogP contribution in [0.5, 0.6) is 0 Å². The maximum Gasteiger partial charge on any atom is 0.0501 e. The summed E-state index contributed by atoms with van der Waals surface area (Å²) in [5.41, 5.74) is 0.0691. The molecule has 0 spiro atoms. The summed E-state index contributed by atoms with van der Waals surface area (Å²) in [5, 5.41) is 13.5. The van der Waals surface area contributed by atoms with E-state index in [1.807, 2.05) is 0 Å². The van der Waals surface area contributed by atoms with Gasteiger partial charge < -0.3 is 15.2 Å². The zero-order chi connectivity index (χ0) is 13.7. The molecular weight excluding hydrogens is 238 g/mol. The van der Waals surface area contributed by atoms with Gasteiger partial charge >= 0.3 is 0 Å². The first-order chi connectivity index (χ1) is 9.19. The Morgan fingerprint density at radius 2 is 2.00 bits per heavy atom. The fourth-order valence-electron chi connectivity index (χ4n) is 3.76. The zero-order valence-electron chi connectivity index (χ0n) is 12.7. The predicted octanol–water partition coefficient (Wildman–Crippen LogP) is 2.58. The molecule has 1 aliphatic carbocycles. The molecule has 0 aromatic carbocycles. The van der Waals surface area contributed by atoms with Crippen LogP contribution in [0.1, 0.15) is 52.4 Å². The summed E-state index contributed by atoms with van der Waals surface area (Å²) >= 11 is 0. The van der Waals surface area contributed by atoms with Crippen molar-refractivity contribution in [3.05, 3.63) is 0 Å². The van der Waals surface area contributed by atoms with Gasteiger partial charge in [0.2, 0.25) is 0 Å². The van der Waals surface area contributed by atoms with E-state index in [4.69, 9.17) is 4.74 Å². The number of hydrogen-bond acceptors (Lipinski definition) is 3. The number of aliphatic hydroxyl groups is 1. The fraction of sp³-hybridized carbons (Fsp3) is 1.00. The predicted molar refractivity (Wildman–Crippen MR) is 78.2 cm³/mol. The van der Waals surface area contributed by atoms with Gasteiger partial charge in [-0.1, -0.05) is 20.3 Å². The lowest BCUT2D eigenvalue weighted by atomic mass is 9.76. The SMILES string of the molecule is CCC1CC(C)CCC1NCC1(CO)CCOCC1. The van der Waals surface area contributed by atoms with Gasteiger partial charge in [0.25, 0.3) is 0 Å². The molecule has 0 aromatic rings. The first-order valence-electron chi connectivity index (χ1n) is 8.11. The van der Waals surface area contributed by atoms with Crippen molar-refractivity contribution in [3.63, 3.8) is 0 Å². The van der Waals surface area contributed by atoms with Crippen molar-refractivity contribution in [3.8, 4) is 0 Å². The van der Waals surface area contributed by atoms with Crippen molar-refractivity contribution >= 4 is 0 Å². The molecule has 0 bridgehead atoms. The van der Waals surface area contributed by atoms with Gasteiger partial charge in [0.05, 0.1) is 6.61 Å². The number of nitrogens with one attached hydrogen (secondary N) is 1. The van der Waals surface area contributed by atoms with Gasteiger partial charge in [-0.3, -0.25) is 0 Å². The Morgan fingerprint density at radius 3 is 2.63 bits per heavy atom. The van der Waals surface area contributed by atoms with Crippen LogP contribution in [-0.4, -0.2) is 37.5 Å². The lowest BCUT2D eigenvalue weighted by Crippen LogP contribution is -2.48. The van der Waals surface area contributed by atoms with Crippen molar-refractivity contribution < 1.29 is 9.84 Å². The van der Waals surface area contributed by atoms with Gasteiger partial charge in [-0.2, -0.15) is 0 Å². The molecular formula is C16H31NO2. The highest BCUT2D eigenvalue weighted by Gasteiger charge is 2.34. The van der Waals surface area contributed by atoms with E-state index in [-0.39, 0.29) is 5.41 Å². The minimum Gasteiger partial charge on any atom is -0.396 e. The normalized spacial score (nSPS) is 35.2. The molecule has 2 rings (SSSR count). The lowest BCUT2D eigenvalue weighted by molar-refractivity contribution is -0.0185. The van der Waals surface area contributed by atoms with E-state index in [1.165, 1.54) is 25.7 Å². The summed E-state index contributed by atoms with van der Waals surface area (Å²) < 4.78 is 5.44. The van der Waals surface area contributed by atoms with E-state index in [9.17, 15) is 5.11 Å². The van der Waals surface area contributed by atoms with Crippen molar-refractivity contribution in [2.24, 2.45) is 17.3 Å². The molecule has 1 saturated heterocycles. The molecule has 19 heavy (non-hydrogen) atoms. The monoisotopic (exact) mass is 269 g/mol. The molecule has 0 radical (unpaired) electrons. The minimum absolute atomic E-state index is 0.0691. The molecule has 3 atom stereocenters. The molecule has 1 heterocycles. The first-order valence-corrected chi connectivity index (χ1v) is 8.11. The Morgan fingerprint density at radius 1 is 1.26 bits per heavy atom. The average Bonchev–Trinajstić information content (AvgIpc) is 2.47. The van der Waals surface area contributed by atoms with Crippen LogP contribution in [0.3, 0.4) is 0 Å². The molecule has 2 N–H and O–H groups in total. The van der Waals surface area contributed by atoms with Crippen LogP contribution in [0, 0.1) is 17.3 Å². The summed E-state index contributed by atoms with van der Waals surface area (Å²) in [7, 11) is 0. The Hall–Kier alpha value is -0.120. The first kappa shape index (κ1) is 15.3.